The number of rotatable bonds is 6. The number of hydrogen-bond donors (Lipinski definition) is 1. The van der Waals surface area contributed by atoms with Gasteiger partial charge in [0, 0.05) is 20.1 Å². The van der Waals surface area contributed by atoms with Crippen LogP contribution in [0.1, 0.15) is 31.4 Å². The van der Waals surface area contributed by atoms with Gasteiger partial charge in [-0.2, -0.15) is 0 Å². The minimum Gasteiger partial charge on any atom is -0.463 e. The first-order valence-corrected chi connectivity index (χ1v) is 7.13. The van der Waals surface area contributed by atoms with Crippen LogP contribution in [0.25, 0.3) is 0 Å². The zero-order chi connectivity index (χ0) is 15.8. The van der Waals surface area contributed by atoms with Crippen molar-refractivity contribution in [1.82, 2.24) is 10.2 Å². The van der Waals surface area contributed by atoms with Crippen LogP contribution in [0.5, 0.6) is 0 Å². The van der Waals surface area contributed by atoms with Crippen LogP contribution in [0, 0.1) is 6.92 Å². The minimum atomic E-state index is -0.299. The lowest BCUT2D eigenvalue weighted by Crippen LogP contribution is -2.38. The number of benzene rings is 1. The summed E-state index contributed by atoms with van der Waals surface area (Å²) in [6, 6.07) is 7.74. The van der Waals surface area contributed by atoms with E-state index in [0.29, 0.717) is 6.54 Å². The van der Waals surface area contributed by atoms with Gasteiger partial charge in [0.25, 0.3) is 0 Å². The largest absolute Gasteiger partial charge is 0.463 e. The zero-order valence-electron chi connectivity index (χ0n) is 13.2. The van der Waals surface area contributed by atoms with Crippen molar-refractivity contribution in [3.05, 3.63) is 35.4 Å². The molecule has 2 amide bonds. The summed E-state index contributed by atoms with van der Waals surface area (Å²) >= 11 is 0. The van der Waals surface area contributed by atoms with E-state index < -0.39 is 0 Å². The summed E-state index contributed by atoms with van der Waals surface area (Å²) in [5.74, 6) is -0.299. The van der Waals surface area contributed by atoms with E-state index in [4.69, 9.17) is 4.74 Å². The highest BCUT2D eigenvalue weighted by Gasteiger charge is 2.11. The molecule has 0 saturated carbocycles. The SMILES string of the molecule is Cc1ccccc1CN(C)C(=O)NCCC(=O)OC(C)C. The summed E-state index contributed by atoms with van der Waals surface area (Å²) < 4.78 is 5.00. The van der Waals surface area contributed by atoms with Crippen molar-refractivity contribution in [1.29, 1.82) is 0 Å². The molecule has 1 rings (SSSR count). The summed E-state index contributed by atoms with van der Waals surface area (Å²) in [5.41, 5.74) is 2.26. The number of nitrogens with one attached hydrogen (secondary N) is 1. The van der Waals surface area contributed by atoms with E-state index in [1.807, 2.05) is 31.2 Å². The normalized spacial score (nSPS) is 10.3. The van der Waals surface area contributed by atoms with E-state index in [9.17, 15) is 9.59 Å². The van der Waals surface area contributed by atoms with Gasteiger partial charge in [-0.25, -0.2) is 4.79 Å². The predicted octanol–water partition coefficient (Wildman–Crippen LogP) is 2.48. The molecule has 5 heteroatoms. The van der Waals surface area contributed by atoms with E-state index in [1.165, 1.54) is 0 Å². The van der Waals surface area contributed by atoms with Crippen molar-refractivity contribution in [2.45, 2.75) is 39.8 Å². The summed E-state index contributed by atoms with van der Waals surface area (Å²) in [4.78, 5) is 24.9. The molecule has 5 nitrogen and oxygen atoms in total. The molecule has 0 aliphatic carbocycles. The highest BCUT2D eigenvalue weighted by molar-refractivity contribution is 5.75. The quantitative estimate of drug-likeness (QED) is 0.819. The molecule has 21 heavy (non-hydrogen) atoms. The fourth-order valence-electron chi connectivity index (χ4n) is 1.84. The monoisotopic (exact) mass is 292 g/mol. The van der Waals surface area contributed by atoms with Crippen molar-refractivity contribution < 1.29 is 14.3 Å². The summed E-state index contributed by atoms with van der Waals surface area (Å²) in [6.45, 7) is 6.43. The third-order valence-electron chi connectivity index (χ3n) is 2.99. The number of aryl methyl sites for hydroxylation is 1. The van der Waals surface area contributed by atoms with Gasteiger partial charge in [-0.3, -0.25) is 4.79 Å². The van der Waals surface area contributed by atoms with Gasteiger partial charge >= 0.3 is 12.0 Å². The first-order valence-electron chi connectivity index (χ1n) is 7.13. The molecule has 116 valence electrons. The first kappa shape index (κ1) is 17.0. The Morgan fingerprint density at radius 1 is 1.29 bits per heavy atom. The zero-order valence-corrected chi connectivity index (χ0v) is 13.2. The maximum atomic E-state index is 11.9. The number of amides is 2. The number of urea groups is 1. The summed E-state index contributed by atoms with van der Waals surface area (Å²) in [7, 11) is 1.73. The molecule has 1 N–H and O–H groups in total. The second kappa shape index (κ2) is 8.29. The van der Waals surface area contributed by atoms with Crippen molar-refractivity contribution >= 4 is 12.0 Å². The van der Waals surface area contributed by atoms with Gasteiger partial charge < -0.3 is 15.0 Å². The molecular formula is C16H24N2O3. The average Bonchev–Trinajstić information content (AvgIpc) is 2.40. The lowest BCUT2D eigenvalue weighted by atomic mass is 10.1. The van der Waals surface area contributed by atoms with Gasteiger partial charge in [-0.1, -0.05) is 24.3 Å². The van der Waals surface area contributed by atoms with Gasteiger partial charge in [0.2, 0.25) is 0 Å². The molecule has 0 bridgehead atoms. The van der Waals surface area contributed by atoms with E-state index in [1.54, 1.807) is 25.8 Å². The van der Waals surface area contributed by atoms with Crippen LogP contribution in [0.3, 0.4) is 0 Å². The van der Waals surface area contributed by atoms with Crippen molar-refractivity contribution in [2.75, 3.05) is 13.6 Å². The van der Waals surface area contributed by atoms with Crippen LogP contribution >= 0.6 is 0 Å². The Morgan fingerprint density at radius 2 is 1.95 bits per heavy atom. The molecule has 0 heterocycles. The third kappa shape index (κ3) is 6.29. The number of ether oxygens (including phenoxy) is 1. The molecule has 0 atom stereocenters. The summed E-state index contributed by atoms with van der Waals surface area (Å²) in [5, 5.41) is 2.71. The van der Waals surface area contributed by atoms with E-state index in [2.05, 4.69) is 5.32 Å². The van der Waals surface area contributed by atoms with E-state index in [-0.39, 0.29) is 31.1 Å². The molecule has 0 aromatic heterocycles. The van der Waals surface area contributed by atoms with Crippen molar-refractivity contribution in [3.8, 4) is 0 Å². The van der Waals surface area contributed by atoms with Crippen LogP contribution < -0.4 is 5.32 Å². The lowest BCUT2D eigenvalue weighted by molar-refractivity contribution is -0.147. The van der Waals surface area contributed by atoms with Crippen LogP contribution in [0.4, 0.5) is 4.79 Å². The average molecular weight is 292 g/mol. The van der Waals surface area contributed by atoms with Crippen LogP contribution in [-0.2, 0) is 16.1 Å². The fourth-order valence-corrected chi connectivity index (χ4v) is 1.84. The molecule has 1 aromatic rings. The van der Waals surface area contributed by atoms with Gasteiger partial charge in [-0.15, -0.1) is 0 Å². The van der Waals surface area contributed by atoms with Crippen LogP contribution in [0.15, 0.2) is 24.3 Å². The Morgan fingerprint density at radius 3 is 2.57 bits per heavy atom. The minimum absolute atomic E-state index is 0.128. The molecule has 0 saturated heterocycles. The number of carbonyl (C=O) groups excluding carboxylic acids is 2. The number of esters is 1. The Bertz CT molecular complexity index is 486. The van der Waals surface area contributed by atoms with E-state index in [0.717, 1.165) is 11.1 Å². The van der Waals surface area contributed by atoms with Gasteiger partial charge in [-0.05, 0) is 31.9 Å². The second-order valence-electron chi connectivity index (χ2n) is 5.30. The molecule has 0 aliphatic rings. The Kier molecular flexibility index (Phi) is 6.72. The Balaban J connectivity index is 2.35. The molecule has 0 fully saturated rings. The number of nitrogens with zero attached hydrogens (tertiary/aromatic N) is 1. The van der Waals surface area contributed by atoms with E-state index >= 15 is 0 Å². The Labute approximate surface area is 126 Å². The molecule has 0 unspecified atom stereocenters. The number of carbonyl (C=O) groups is 2. The molecule has 1 aromatic carbocycles. The smallest absolute Gasteiger partial charge is 0.317 e. The Hall–Kier alpha value is -2.04. The molecular weight excluding hydrogens is 268 g/mol. The molecule has 0 radical (unpaired) electrons. The maximum Gasteiger partial charge on any atom is 0.317 e. The summed E-state index contributed by atoms with van der Waals surface area (Å²) in [6.07, 6.45) is 0.0548. The highest BCUT2D eigenvalue weighted by atomic mass is 16.5. The predicted molar refractivity (Wildman–Crippen MR) is 81.9 cm³/mol. The maximum absolute atomic E-state index is 11.9. The standard InChI is InChI=1S/C16H24N2O3/c1-12(2)21-15(19)9-10-17-16(20)18(4)11-14-8-6-5-7-13(14)3/h5-8,12H,9-11H2,1-4H3,(H,17,20). The van der Waals surface area contributed by atoms with Gasteiger partial charge in [0.05, 0.1) is 12.5 Å². The fraction of sp³-hybridized carbons (Fsp3) is 0.500. The highest BCUT2D eigenvalue weighted by Crippen LogP contribution is 2.09. The van der Waals surface area contributed by atoms with Crippen molar-refractivity contribution in [3.63, 3.8) is 0 Å². The third-order valence-corrected chi connectivity index (χ3v) is 2.99. The van der Waals surface area contributed by atoms with Gasteiger partial charge in [0.15, 0.2) is 0 Å². The lowest BCUT2D eigenvalue weighted by Gasteiger charge is -2.19. The van der Waals surface area contributed by atoms with Crippen LogP contribution in [-0.4, -0.2) is 36.6 Å². The van der Waals surface area contributed by atoms with Crippen molar-refractivity contribution in [2.24, 2.45) is 0 Å². The molecule has 0 spiro atoms. The molecule has 0 aliphatic heterocycles. The topological polar surface area (TPSA) is 58.6 Å². The van der Waals surface area contributed by atoms with Gasteiger partial charge in [0.1, 0.15) is 0 Å². The number of hydrogen-bond acceptors (Lipinski definition) is 3. The van der Waals surface area contributed by atoms with Crippen LogP contribution in [0.2, 0.25) is 0 Å². The second-order valence-corrected chi connectivity index (χ2v) is 5.30. The first-order chi connectivity index (χ1) is 9.90.